The zero-order chi connectivity index (χ0) is 28.5. The quantitative estimate of drug-likeness (QED) is 0.118. The minimum atomic E-state index is -4.56. The zero-order valence-electron chi connectivity index (χ0n) is 22.4. The number of benzene rings is 4. The molecule has 0 aromatic heterocycles. The van der Waals surface area contributed by atoms with Gasteiger partial charge in [-0.2, -0.15) is 13.2 Å². The molecule has 4 aromatic carbocycles. The van der Waals surface area contributed by atoms with E-state index in [-0.39, 0.29) is 73.5 Å². The third-order valence-electron chi connectivity index (χ3n) is 6.18. The van der Waals surface area contributed by atoms with Crippen LogP contribution in [0.1, 0.15) is 27.8 Å². The minimum Gasteiger partial charge on any atom is -0.508 e. The summed E-state index contributed by atoms with van der Waals surface area (Å²) in [5.41, 5.74) is 1.63. The molecule has 0 saturated carbocycles. The van der Waals surface area contributed by atoms with Crippen molar-refractivity contribution in [2.75, 3.05) is 13.2 Å². The average molecular weight is 703 g/mol. The molecule has 0 saturated heterocycles. The van der Waals surface area contributed by atoms with Crippen LogP contribution in [-0.4, -0.2) is 47.9 Å². The first-order valence-corrected chi connectivity index (χ1v) is 14.1. The number of rotatable bonds is 12. The summed E-state index contributed by atoms with van der Waals surface area (Å²) >= 11 is 6.95. The molecular formula is C31H27Br2F3NaO4. The van der Waals surface area contributed by atoms with E-state index in [0.29, 0.717) is 23.7 Å². The predicted octanol–water partition coefficient (Wildman–Crippen LogP) is 8.87. The molecule has 211 valence electrons. The first-order chi connectivity index (χ1) is 19.2. The first kappa shape index (κ1) is 33.6. The molecule has 0 spiro atoms. The maximum absolute atomic E-state index is 14.2. The average Bonchev–Trinajstić information content (AvgIpc) is 2.92. The van der Waals surface area contributed by atoms with Gasteiger partial charge in [0.05, 0.1) is 32.0 Å². The van der Waals surface area contributed by atoms with Crippen molar-refractivity contribution in [1.82, 2.24) is 0 Å². The third-order valence-corrected chi connectivity index (χ3v) is 7.73. The Balaban J connectivity index is 0.00000462. The Hall–Kier alpha value is -1.85. The van der Waals surface area contributed by atoms with Gasteiger partial charge in [-0.1, -0.05) is 68.3 Å². The van der Waals surface area contributed by atoms with E-state index in [9.17, 15) is 18.3 Å². The van der Waals surface area contributed by atoms with Crippen molar-refractivity contribution in [3.8, 4) is 17.2 Å². The SMILES string of the molecule is Oc1ccc(Oc2ccc(C(F)(F)F)c(CCOCc3ccccc3Br)c2CCOCc2ccccc2Br)cc1.[Na]. The number of phenols is 1. The summed E-state index contributed by atoms with van der Waals surface area (Å²) in [5.74, 6) is 0.747. The summed E-state index contributed by atoms with van der Waals surface area (Å²) in [5, 5.41) is 9.61. The third kappa shape index (κ3) is 9.85. The number of ether oxygens (including phenoxy) is 3. The topological polar surface area (TPSA) is 47.9 Å². The maximum atomic E-state index is 14.2. The van der Waals surface area contributed by atoms with Gasteiger partial charge in [-0.05, 0) is 78.1 Å². The maximum Gasteiger partial charge on any atom is 0.416 e. The molecule has 4 nitrogen and oxygen atoms in total. The van der Waals surface area contributed by atoms with Crippen molar-refractivity contribution in [3.63, 3.8) is 0 Å². The van der Waals surface area contributed by atoms with Crippen molar-refractivity contribution < 1.29 is 32.5 Å². The second-order valence-electron chi connectivity index (χ2n) is 8.95. The molecule has 0 bridgehead atoms. The van der Waals surface area contributed by atoms with Crippen molar-refractivity contribution in [2.45, 2.75) is 32.2 Å². The molecule has 41 heavy (non-hydrogen) atoms. The normalized spacial score (nSPS) is 11.2. The summed E-state index contributed by atoms with van der Waals surface area (Å²) < 4.78 is 61.9. The molecule has 10 heteroatoms. The molecule has 4 aromatic rings. The number of phenolic OH excluding ortho intramolecular Hbond substituents is 1. The van der Waals surface area contributed by atoms with Gasteiger partial charge in [-0.25, -0.2) is 0 Å². The molecule has 0 amide bonds. The summed E-state index contributed by atoms with van der Waals surface area (Å²) in [4.78, 5) is 0. The van der Waals surface area contributed by atoms with Crippen LogP contribution in [0.3, 0.4) is 0 Å². The van der Waals surface area contributed by atoms with Gasteiger partial charge < -0.3 is 19.3 Å². The van der Waals surface area contributed by atoms with Crippen LogP contribution in [0.25, 0.3) is 0 Å². The van der Waals surface area contributed by atoms with Gasteiger partial charge in [-0.3, -0.25) is 0 Å². The summed E-state index contributed by atoms with van der Waals surface area (Å²) in [7, 11) is 0. The van der Waals surface area contributed by atoms with E-state index in [1.807, 2.05) is 48.5 Å². The molecule has 0 aliphatic heterocycles. The fourth-order valence-corrected chi connectivity index (χ4v) is 4.98. The van der Waals surface area contributed by atoms with Crippen LogP contribution in [0.4, 0.5) is 13.2 Å². The second-order valence-corrected chi connectivity index (χ2v) is 10.7. The van der Waals surface area contributed by atoms with Crippen LogP contribution < -0.4 is 4.74 Å². The smallest absolute Gasteiger partial charge is 0.416 e. The first-order valence-electron chi connectivity index (χ1n) is 12.5. The van der Waals surface area contributed by atoms with Gasteiger partial charge in [0.2, 0.25) is 0 Å². The fourth-order valence-electron chi connectivity index (χ4n) is 4.18. The van der Waals surface area contributed by atoms with Crippen molar-refractivity contribution in [2.24, 2.45) is 0 Å². The molecule has 0 unspecified atom stereocenters. The monoisotopic (exact) mass is 701 g/mol. The number of hydrogen-bond donors (Lipinski definition) is 1. The van der Waals surface area contributed by atoms with Gasteiger partial charge in [0.15, 0.2) is 0 Å². The van der Waals surface area contributed by atoms with E-state index in [2.05, 4.69) is 31.9 Å². The van der Waals surface area contributed by atoms with Crippen molar-refractivity contribution in [3.05, 3.63) is 122 Å². The van der Waals surface area contributed by atoms with Gasteiger partial charge in [0.25, 0.3) is 0 Å². The van der Waals surface area contributed by atoms with E-state index >= 15 is 0 Å². The number of hydrogen-bond acceptors (Lipinski definition) is 4. The Morgan fingerprint density at radius 2 is 1.17 bits per heavy atom. The van der Waals surface area contributed by atoms with Gasteiger partial charge in [0, 0.05) is 44.1 Å². The van der Waals surface area contributed by atoms with E-state index < -0.39 is 11.7 Å². The Labute approximate surface area is 276 Å². The number of alkyl halides is 3. The van der Waals surface area contributed by atoms with E-state index in [0.717, 1.165) is 26.1 Å². The van der Waals surface area contributed by atoms with Gasteiger partial charge in [0.1, 0.15) is 17.2 Å². The Morgan fingerprint density at radius 1 is 0.659 bits per heavy atom. The van der Waals surface area contributed by atoms with Crippen LogP contribution in [-0.2, 0) is 41.7 Å². The Bertz CT molecular complexity index is 1420. The molecule has 4 rings (SSSR count). The minimum absolute atomic E-state index is 0. The largest absolute Gasteiger partial charge is 0.508 e. The molecular weight excluding hydrogens is 676 g/mol. The summed E-state index contributed by atoms with van der Waals surface area (Å²) in [6.07, 6.45) is -4.33. The van der Waals surface area contributed by atoms with E-state index in [1.165, 1.54) is 18.2 Å². The molecule has 0 aliphatic carbocycles. The zero-order valence-corrected chi connectivity index (χ0v) is 27.6. The van der Waals surface area contributed by atoms with Gasteiger partial charge in [-0.15, -0.1) is 0 Å². The van der Waals surface area contributed by atoms with Crippen LogP contribution in [0, 0.1) is 0 Å². The van der Waals surface area contributed by atoms with Crippen molar-refractivity contribution >= 4 is 61.4 Å². The molecule has 0 aliphatic rings. The standard InChI is InChI=1S/C31H27Br2F3O4.Na/c32-28-7-3-1-5-21(28)19-38-17-15-25-26(16-18-39-20-22-6-2-4-8-29(22)33)30(14-13-27(25)31(34,35)36)40-24-11-9-23(37)10-12-24;/h1-14,37H,15-20H2;. The van der Waals surface area contributed by atoms with Crippen molar-refractivity contribution in [1.29, 1.82) is 0 Å². The summed E-state index contributed by atoms with van der Waals surface area (Å²) in [6, 6.07) is 23.6. The predicted molar refractivity (Wildman–Crippen MR) is 160 cm³/mol. The van der Waals surface area contributed by atoms with Crippen LogP contribution >= 0.6 is 31.9 Å². The van der Waals surface area contributed by atoms with Crippen LogP contribution in [0.2, 0.25) is 0 Å². The van der Waals surface area contributed by atoms with Crippen LogP contribution in [0.15, 0.2) is 93.9 Å². The Morgan fingerprint density at radius 3 is 1.68 bits per heavy atom. The molecule has 1 radical (unpaired) electrons. The van der Waals surface area contributed by atoms with E-state index in [4.69, 9.17) is 14.2 Å². The Kier molecular flexibility index (Phi) is 13.2. The van der Waals surface area contributed by atoms with E-state index in [1.54, 1.807) is 12.1 Å². The number of aromatic hydroxyl groups is 1. The fraction of sp³-hybridized carbons (Fsp3) is 0.226. The number of halogens is 5. The molecule has 0 fully saturated rings. The second kappa shape index (κ2) is 16.1. The van der Waals surface area contributed by atoms with Gasteiger partial charge >= 0.3 is 6.18 Å². The molecule has 1 N–H and O–H groups in total. The summed E-state index contributed by atoms with van der Waals surface area (Å²) in [6.45, 7) is 0.826. The van der Waals surface area contributed by atoms with Crippen LogP contribution in [0.5, 0.6) is 17.2 Å². The molecule has 0 atom stereocenters. The molecule has 0 heterocycles.